The zero-order valence-corrected chi connectivity index (χ0v) is 13.8. The molecule has 0 fully saturated rings. The Hall–Kier alpha value is -2.63. The number of rotatable bonds is 3. The van der Waals surface area contributed by atoms with Gasteiger partial charge in [0.2, 0.25) is 11.9 Å². The molecule has 0 spiro atoms. The Morgan fingerprint density at radius 2 is 1.87 bits per heavy atom. The summed E-state index contributed by atoms with van der Waals surface area (Å²) in [5.74, 6) is 1.55. The summed E-state index contributed by atoms with van der Waals surface area (Å²) in [5, 5.41) is 3.19. The van der Waals surface area contributed by atoms with Crippen molar-refractivity contribution in [2.45, 2.75) is 19.9 Å². The number of para-hydroxylation sites is 1. The highest BCUT2D eigenvalue weighted by Gasteiger charge is 2.37. The molecule has 1 unspecified atom stereocenters. The van der Waals surface area contributed by atoms with E-state index in [1.807, 2.05) is 56.1 Å². The molecule has 1 atom stereocenters. The highest BCUT2D eigenvalue weighted by atomic mass is 16.2. The van der Waals surface area contributed by atoms with Crippen LogP contribution in [0.2, 0.25) is 0 Å². The van der Waals surface area contributed by atoms with Gasteiger partial charge in [0, 0.05) is 19.8 Å². The molecule has 1 aliphatic heterocycles. The maximum atomic E-state index is 12.5. The minimum Gasteiger partial charge on any atom is -0.345 e. The Morgan fingerprint density at radius 1 is 1.17 bits per heavy atom. The van der Waals surface area contributed by atoms with Gasteiger partial charge in [0.1, 0.15) is 11.7 Å². The minimum absolute atomic E-state index is 0.0716. The minimum atomic E-state index is -0.216. The molecule has 0 radical (unpaired) electrons. The average Bonchev–Trinajstić information content (AvgIpc) is 2.53. The van der Waals surface area contributed by atoms with Gasteiger partial charge in [-0.15, -0.1) is 0 Å². The molecule has 120 valence electrons. The van der Waals surface area contributed by atoms with Crippen LogP contribution in [-0.2, 0) is 4.79 Å². The largest absolute Gasteiger partial charge is 0.345 e. The lowest BCUT2D eigenvalue weighted by Crippen LogP contribution is -2.53. The van der Waals surface area contributed by atoms with E-state index in [9.17, 15) is 4.79 Å². The molecule has 0 saturated carbocycles. The van der Waals surface area contributed by atoms with Crippen LogP contribution in [-0.4, -0.2) is 36.0 Å². The van der Waals surface area contributed by atoms with Crippen molar-refractivity contribution in [3.63, 3.8) is 0 Å². The second kappa shape index (κ2) is 5.87. The van der Waals surface area contributed by atoms with Crippen LogP contribution < -0.4 is 15.1 Å². The fourth-order valence-corrected chi connectivity index (χ4v) is 2.92. The third-order valence-electron chi connectivity index (χ3n) is 4.11. The van der Waals surface area contributed by atoms with E-state index in [1.165, 1.54) is 0 Å². The van der Waals surface area contributed by atoms with Crippen molar-refractivity contribution in [3.05, 3.63) is 36.5 Å². The molecule has 1 aliphatic rings. The SMILES string of the molecule is CC(C)C1C(=O)N(C)c2cnc(Nc3ccccc3)nc2N1C. The van der Waals surface area contributed by atoms with Gasteiger partial charge in [-0.2, -0.15) is 4.98 Å². The molecule has 23 heavy (non-hydrogen) atoms. The zero-order valence-electron chi connectivity index (χ0n) is 13.8. The van der Waals surface area contributed by atoms with E-state index >= 15 is 0 Å². The molecule has 0 aliphatic carbocycles. The van der Waals surface area contributed by atoms with Gasteiger partial charge in [-0.05, 0) is 18.1 Å². The summed E-state index contributed by atoms with van der Waals surface area (Å²) in [6.45, 7) is 4.09. The first-order chi connectivity index (χ1) is 11.0. The Balaban J connectivity index is 1.97. The highest BCUT2D eigenvalue weighted by molar-refractivity contribution is 6.04. The molecule has 1 amide bonds. The Labute approximate surface area is 136 Å². The molecular formula is C17H21N5O. The summed E-state index contributed by atoms with van der Waals surface area (Å²) in [5.41, 5.74) is 1.66. The van der Waals surface area contributed by atoms with Crippen molar-refractivity contribution in [2.75, 3.05) is 29.2 Å². The van der Waals surface area contributed by atoms with Crippen molar-refractivity contribution < 1.29 is 4.79 Å². The number of nitrogens with zero attached hydrogens (tertiary/aromatic N) is 4. The van der Waals surface area contributed by atoms with Crippen molar-refractivity contribution in [1.82, 2.24) is 9.97 Å². The number of likely N-dealkylation sites (N-methyl/N-ethyl adjacent to an activating group) is 2. The van der Waals surface area contributed by atoms with E-state index in [4.69, 9.17) is 0 Å². The number of fused-ring (bicyclic) bond motifs is 1. The third kappa shape index (κ3) is 2.72. The third-order valence-corrected chi connectivity index (χ3v) is 4.11. The molecule has 1 aromatic heterocycles. The second-order valence-electron chi connectivity index (χ2n) is 6.09. The van der Waals surface area contributed by atoms with Crippen LogP contribution in [0.5, 0.6) is 0 Å². The van der Waals surface area contributed by atoms with Crippen LogP contribution in [0.1, 0.15) is 13.8 Å². The molecule has 6 heteroatoms. The predicted octanol–water partition coefficient (Wildman–Crippen LogP) is 2.66. The van der Waals surface area contributed by atoms with Gasteiger partial charge in [0.25, 0.3) is 0 Å². The summed E-state index contributed by atoms with van der Waals surface area (Å²) in [6, 6.07) is 9.56. The number of benzene rings is 1. The van der Waals surface area contributed by atoms with Crippen molar-refractivity contribution in [2.24, 2.45) is 5.92 Å². The molecule has 1 aromatic carbocycles. The smallest absolute Gasteiger partial charge is 0.249 e. The van der Waals surface area contributed by atoms with E-state index in [0.29, 0.717) is 5.95 Å². The topological polar surface area (TPSA) is 61.4 Å². The Morgan fingerprint density at radius 3 is 2.52 bits per heavy atom. The number of carbonyl (C=O) groups excluding carboxylic acids is 1. The maximum absolute atomic E-state index is 12.5. The van der Waals surface area contributed by atoms with Crippen molar-refractivity contribution in [1.29, 1.82) is 0 Å². The van der Waals surface area contributed by atoms with Crippen LogP contribution in [0.4, 0.5) is 23.1 Å². The predicted molar refractivity (Wildman–Crippen MR) is 92.2 cm³/mol. The summed E-state index contributed by atoms with van der Waals surface area (Å²) >= 11 is 0. The normalized spacial score (nSPS) is 17.4. The fourth-order valence-electron chi connectivity index (χ4n) is 2.92. The van der Waals surface area contributed by atoms with Gasteiger partial charge < -0.3 is 15.1 Å². The molecule has 2 aromatic rings. The molecule has 3 rings (SSSR count). The van der Waals surface area contributed by atoms with Crippen LogP contribution in [0, 0.1) is 5.92 Å². The lowest BCUT2D eigenvalue weighted by atomic mass is 9.99. The first kappa shape index (κ1) is 15.3. The monoisotopic (exact) mass is 311 g/mol. The molecule has 0 bridgehead atoms. The number of nitrogens with one attached hydrogen (secondary N) is 1. The standard InChI is InChI=1S/C17H21N5O/c1-11(2)14-16(23)21(3)13-10-18-17(20-15(13)22(14)4)19-12-8-6-5-7-9-12/h5-11,14H,1-4H3,(H,18,19,20). The molecule has 1 N–H and O–H groups in total. The number of hydrogen-bond acceptors (Lipinski definition) is 5. The van der Waals surface area contributed by atoms with E-state index in [2.05, 4.69) is 15.3 Å². The average molecular weight is 311 g/mol. The number of amides is 1. The van der Waals surface area contributed by atoms with Gasteiger partial charge >= 0.3 is 0 Å². The van der Waals surface area contributed by atoms with Crippen molar-refractivity contribution in [3.8, 4) is 0 Å². The molecule has 2 heterocycles. The lowest BCUT2D eigenvalue weighted by molar-refractivity contribution is -0.120. The van der Waals surface area contributed by atoms with Gasteiger partial charge in [0.05, 0.1) is 6.20 Å². The number of hydrogen-bond donors (Lipinski definition) is 1. The molecular weight excluding hydrogens is 290 g/mol. The quantitative estimate of drug-likeness (QED) is 0.944. The van der Waals surface area contributed by atoms with Gasteiger partial charge in [-0.1, -0.05) is 32.0 Å². The number of carbonyl (C=O) groups is 1. The zero-order chi connectivity index (χ0) is 16.6. The Bertz CT molecular complexity index is 716. The van der Waals surface area contributed by atoms with Gasteiger partial charge in [-0.3, -0.25) is 4.79 Å². The summed E-state index contributed by atoms with van der Waals surface area (Å²) in [7, 11) is 3.69. The van der Waals surface area contributed by atoms with Crippen LogP contribution in [0.3, 0.4) is 0 Å². The van der Waals surface area contributed by atoms with Gasteiger partial charge in [-0.25, -0.2) is 4.98 Å². The maximum Gasteiger partial charge on any atom is 0.249 e. The van der Waals surface area contributed by atoms with Crippen LogP contribution in [0.15, 0.2) is 36.5 Å². The number of anilines is 4. The molecule has 6 nitrogen and oxygen atoms in total. The highest BCUT2D eigenvalue weighted by Crippen LogP contribution is 2.35. The summed E-state index contributed by atoms with van der Waals surface area (Å²) < 4.78 is 0. The first-order valence-corrected chi connectivity index (χ1v) is 7.68. The lowest BCUT2D eigenvalue weighted by Gasteiger charge is -2.40. The first-order valence-electron chi connectivity index (χ1n) is 7.68. The van der Waals surface area contributed by atoms with Gasteiger partial charge in [0.15, 0.2) is 5.82 Å². The van der Waals surface area contributed by atoms with Crippen LogP contribution >= 0.6 is 0 Å². The van der Waals surface area contributed by atoms with Crippen molar-refractivity contribution >= 4 is 29.0 Å². The van der Waals surface area contributed by atoms with E-state index in [-0.39, 0.29) is 17.9 Å². The summed E-state index contributed by atoms with van der Waals surface area (Å²) in [4.78, 5) is 25.1. The van der Waals surface area contributed by atoms with E-state index in [0.717, 1.165) is 17.2 Å². The second-order valence-corrected chi connectivity index (χ2v) is 6.09. The van der Waals surface area contributed by atoms with E-state index in [1.54, 1.807) is 18.1 Å². The van der Waals surface area contributed by atoms with Crippen LogP contribution in [0.25, 0.3) is 0 Å². The number of aromatic nitrogens is 2. The molecule has 0 saturated heterocycles. The Kier molecular flexibility index (Phi) is 3.90. The summed E-state index contributed by atoms with van der Waals surface area (Å²) in [6.07, 6.45) is 1.69. The fraction of sp³-hybridized carbons (Fsp3) is 0.353. The van der Waals surface area contributed by atoms with E-state index < -0.39 is 0 Å².